The van der Waals surface area contributed by atoms with E-state index in [4.69, 9.17) is 16.3 Å². The van der Waals surface area contributed by atoms with Gasteiger partial charge in [-0.15, -0.1) is 0 Å². The van der Waals surface area contributed by atoms with Gasteiger partial charge in [-0.3, -0.25) is 24.0 Å². The smallest absolute Gasteiger partial charge is 0.273 e. The Morgan fingerprint density at radius 2 is 1.75 bits per heavy atom. The molecule has 1 aliphatic carbocycles. The predicted octanol–water partition coefficient (Wildman–Crippen LogP) is 5.24. The standard InChI is InChI=1S/C31H35ClN4O7S/c1-21-12-17-27(18-29(21)36(39)40)44(41,42)35(25-13-15-26(43-3)16-14-25)20-30(37)34(19-23-8-4-7-11-28(23)32)22(2)31(38)33-24-9-5-6-10-24/h4,7-8,11-18,22,24H,5-6,9-10,19-20H2,1-3H3,(H,33,38)/t22-/m1/s1. The van der Waals surface area contributed by atoms with Gasteiger partial charge < -0.3 is 15.0 Å². The first-order chi connectivity index (χ1) is 20.9. The quantitative estimate of drug-likeness (QED) is 0.211. The number of nitro groups is 1. The molecule has 234 valence electrons. The first-order valence-corrected chi connectivity index (χ1v) is 16.0. The fraction of sp³-hybridized carbons (Fsp3) is 0.355. The maximum absolute atomic E-state index is 14.1. The molecule has 3 aromatic rings. The van der Waals surface area contributed by atoms with Crippen molar-refractivity contribution in [1.82, 2.24) is 10.2 Å². The highest BCUT2D eigenvalue weighted by Gasteiger charge is 2.34. The van der Waals surface area contributed by atoms with Gasteiger partial charge in [0.2, 0.25) is 11.8 Å². The minimum absolute atomic E-state index is 0.00992. The molecule has 2 amide bonds. The highest BCUT2D eigenvalue weighted by molar-refractivity contribution is 7.92. The summed E-state index contributed by atoms with van der Waals surface area (Å²) in [7, 11) is -3.05. The topological polar surface area (TPSA) is 139 Å². The Morgan fingerprint density at radius 1 is 1.09 bits per heavy atom. The lowest BCUT2D eigenvalue weighted by molar-refractivity contribution is -0.385. The maximum Gasteiger partial charge on any atom is 0.273 e. The van der Waals surface area contributed by atoms with Gasteiger partial charge in [0.1, 0.15) is 18.3 Å². The lowest BCUT2D eigenvalue weighted by Crippen LogP contribution is -2.52. The van der Waals surface area contributed by atoms with E-state index in [0.717, 1.165) is 36.1 Å². The second-order valence-electron chi connectivity index (χ2n) is 10.7. The summed E-state index contributed by atoms with van der Waals surface area (Å²) >= 11 is 6.42. The Morgan fingerprint density at radius 3 is 2.36 bits per heavy atom. The van der Waals surface area contributed by atoms with Crippen molar-refractivity contribution in [3.8, 4) is 5.75 Å². The van der Waals surface area contributed by atoms with E-state index in [9.17, 15) is 28.1 Å². The Bertz CT molecular complexity index is 1630. The molecule has 1 fully saturated rings. The van der Waals surface area contributed by atoms with Crippen LogP contribution < -0.4 is 14.4 Å². The Kier molecular flexibility index (Phi) is 10.5. The molecule has 1 N–H and O–H groups in total. The van der Waals surface area contributed by atoms with Crippen molar-refractivity contribution < 1.29 is 27.7 Å². The molecule has 1 aliphatic rings. The molecule has 0 radical (unpaired) electrons. The number of methoxy groups -OCH3 is 1. The Hall–Kier alpha value is -4.16. The molecular formula is C31H35ClN4O7S. The van der Waals surface area contributed by atoms with Crippen molar-refractivity contribution >= 4 is 44.8 Å². The van der Waals surface area contributed by atoms with E-state index < -0.39 is 33.4 Å². The Labute approximate surface area is 262 Å². The molecule has 1 atom stereocenters. The molecule has 4 rings (SSSR count). The molecular weight excluding hydrogens is 608 g/mol. The number of anilines is 1. The number of amides is 2. The fourth-order valence-electron chi connectivity index (χ4n) is 5.14. The molecule has 0 spiro atoms. The van der Waals surface area contributed by atoms with Crippen LogP contribution in [0.25, 0.3) is 0 Å². The molecule has 0 aromatic heterocycles. The first kappa shape index (κ1) is 32.7. The van der Waals surface area contributed by atoms with Crippen molar-refractivity contribution in [1.29, 1.82) is 0 Å². The number of nitro benzene ring substituents is 1. The second-order valence-corrected chi connectivity index (χ2v) is 13.0. The van der Waals surface area contributed by atoms with Crippen LogP contribution in [-0.4, -0.2) is 55.8 Å². The zero-order valence-corrected chi connectivity index (χ0v) is 26.3. The van der Waals surface area contributed by atoms with E-state index in [1.165, 1.54) is 43.2 Å². The molecule has 0 aliphatic heterocycles. The predicted molar refractivity (Wildman–Crippen MR) is 167 cm³/mol. The molecule has 11 nitrogen and oxygen atoms in total. The van der Waals surface area contributed by atoms with Gasteiger partial charge in [0.05, 0.1) is 22.6 Å². The van der Waals surface area contributed by atoms with E-state index in [-0.39, 0.29) is 40.3 Å². The number of hydrogen-bond donors (Lipinski definition) is 1. The van der Waals surface area contributed by atoms with Crippen LogP contribution >= 0.6 is 11.6 Å². The van der Waals surface area contributed by atoms with Crippen LogP contribution in [0.3, 0.4) is 0 Å². The van der Waals surface area contributed by atoms with Gasteiger partial charge in [-0.25, -0.2) is 8.42 Å². The summed E-state index contributed by atoms with van der Waals surface area (Å²) in [6, 6.07) is 15.6. The zero-order chi connectivity index (χ0) is 32.0. The van der Waals surface area contributed by atoms with Crippen molar-refractivity contribution in [2.45, 2.75) is 63.1 Å². The number of aryl methyl sites for hydroxylation is 1. The van der Waals surface area contributed by atoms with Gasteiger partial charge in [-0.05, 0) is 68.7 Å². The van der Waals surface area contributed by atoms with Gasteiger partial charge in [0.25, 0.3) is 15.7 Å². The number of benzene rings is 3. The van der Waals surface area contributed by atoms with Gasteiger partial charge >= 0.3 is 0 Å². The van der Waals surface area contributed by atoms with Crippen molar-refractivity contribution in [2.24, 2.45) is 0 Å². The second kappa shape index (κ2) is 14.1. The SMILES string of the molecule is COc1ccc(N(CC(=O)N(Cc2ccccc2Cl)[C@H](C)C(=O)NC2CCCC2)S(=O)(=O)c2ccc(C)c([N+](=O)[O-])c2)cc1. The summed E-state index contributed by atoms with van der Waals surface area (Å²) in [5.74, 6) is -0.564. The highest BCUT2D eigenvalue weighted by atomic mass is 35.5. The molecule has 1 saturated carbocycles. The van der Waals surface area contributed by atoms with Gasteiger partial charge in [0, 0.05) is 29.2 Å². The molecule has 13 heteroatoms. The van der Waals surface area contributed by atoms with Gasteiger partial charge in [0.15, 0.2) is 0 Å². The van der Waals surface area contributed by atoms with Crippen LogP contribution in [0.15, 0.2) is 71.6 Å². The van der Waals surface area contributed by atoms with E-state index in [2.05, 4.69) is 5.32 Å². The summed E-state index contributed by atoms with van der Waals surface area (Å²) in [4.78, 5) is 39.4. The molecule has 0 bridgehead atoms. The number of nitrogens with one attached hydrogen (secondary N) is 1. The maximum atomic E-state index is 14.1. The molecule has 44 heavy (non-hydrogen) atoms. The summed E-state index contributed by atoms with van der Waals surface area (Å²) in [5, 5.41) is 15.0. The fourth-order valence-corrected chi connectivity index (χ4v) is 6.77. The number of sulfonamides is 1. The van der Waals surface area contributed by atoms with E-state index in [1.807, 2.05) is 0 Å². The summed E-state index contributed by atoms with van der Waals surface area (Å²) in [6.07, 6.45) is 3.72. The molecule has 0 saturated heterocycles. The summed E-state index contributed by atoms with van der Waals surface area (Å²) in [5.41, 5.74) is 0.623. The largest absolute Gasteiger partial charge is 0.497 e. The highest BCUT2D eigenvalue weighted by Crippen LogP contribution is 2.30. The van der Waals surface area contributed by atoms with E-state index in [1.54, 1.807) is 43.3 Å². The van der Waals surface area contributed by atoms with Crippen molar-refractivity contribution in [3.63, 3.8) is 0 Å². The van der Waals surface area contributed by atoms with Crippen LogP contribution in [0.5, 0.6) is 5.75 Å². The minimum atomic E-state index is -4.51. The number of carbonyl (C=O) groups excluding carboxylic acids is 2. The number of nitrogens with zero attached hydrogens (tertiary/aromatic N) is 3. The molecule has 3 aromatic carbocycles. The van der Waals surface area contributed by atoms with Crippen molar-refractivity contribution in [3.05, 3.63) is 93.0 Å². The Balaban J connectivity index is 1.74. The summed E-state index contributed by atoms with van der Waals surface area (Å²) < 4.78 is 34.2. The third kappa shape index (κ3) is 7.48. The van der Waals surface area contributed by atoms with Crippen LogP contribution in [0.4, 0.5) is 11.4 Å². The number of ether oxygens (including phenoxy) is 1. The lowest BCUT2D eigenvalue weighted by atomic mass is 10.1. The molecule has 0 heterocycles. The van der Waals surface area contributed by atoms with Crippen LogP contribution in [-0.2, 0) is 26.2 Å². The third-order valence-electron chi connectivity index (χ3n) is 7.77. The third-order valence-corrected chi connectivity index (χ3v) is 9.91. The summed E-state index contributed by atoms with van der Waals surface area (Å²) in [6.45, 7) is 2.35. The van der Waals surface area contributed by atoms with Gasteiger partial charge in [-0.1, -0.05) is 48.7 Å². The number of carbonyl (C=O) groups is 2. The van der Waals surface area contributed by atoms with Crippen LogP contribution in [0.1, 0.15) is 43.7 Å². The zero-order valence-electron chi connectivity index (χ0n) is 24.7. The van der Waals surface area contributed by atoms with Crippen molar-refractivity contribution in [2.75, 3.05) is 18.0 Å². The normalized spacial score (nSPS) is 14.1. The van der Waals surface area contributed by atoms with Crippen LogP contribution in [0.2, 0.25) is 5.02 Å². The lowest BCUT2D eigenvalue weighted by Gasteiger charge is -2.32. The van der Waals surface area contributed by atoms with E-state index in [0.29, 0.717) is 16.3 Å². The average molecular weight is 643 g/mol. The average Bonchev–Trinajstić information content (AvgIpc) is 3.52. The van der Waals surface area contributed by atoms with E-state index >= 15 is 0 Å². The number of halogens is 1. The number of rotatable bonds is 12. The minimum Gasteiger partial charge on any atom is -0.497 e. The first-order valence-electron chi connectivity index (χ1n) is 14.2. The van der Waals surface area contributed by atoms with Gasteiger partial charge in [-0.2, -0.15) is 0 Å². The monoisotopic (exact) mass is 642 g/mol. The number of hydrogen-bond acceptors (Lipinski definition) is 7. The van der Waals surface area contributed by atoms with Crippen LogP contribution in [0, 0.1) is 17.0 Å². The molecule has 0 unspecified atom stereocenters.